The van der Waals surface area contributed by atoms with Crippen molar-refractivity contribution in [1.82, 2.24) is 4.98 Å². The third kappa shape index (κ3) is 3.07. The van der Waals surface area contributed by atoms with Crippen LogP contribution in [0, 0.1) is 6.92 Å². The van der Waals surface area contributed by atoms with E-state index in [4.69, 9.17) is 9.94 Å². The molecular formula is C14H14N2O2. The van der Waals surface area contributed by atoms with Crippen molar-refractivity contribution in [3.63, 3.8) is 0 Å². The molecular weight excluding hydrogens is 228 g/mol. The summed E-state index contributed by atoms with van der Waals surface area (Å²) in [5.41, 5.74) is 2.81. The third-order valence-electron chi connectivity index (χ3n) is 2.55. The molecule has 0 aliphatic carbocycles. The van der Waals surface area contributed by atoms with Crippen LogP contribution in [0.25, 0.3) is 0 Å². The van der Waals surface area contributed by atoms with Crippen LogP contribution in [0.2, 0.25) is 0 Å². The molecule has 18 heavy (non-hydrogen) atoms. The van der Waals surface area contributed by atoms with Crippen LogP contribution in [-0.2, 0) is 6.61 Å². The fourth-order valence-electron chi connectivity index (χ4n) is 1.55. The first-order valence-electron chi connectivity index (χ1n) is 5.60. The summed E-state index contributed by atoms with van der Waals surface area (Å²) >= 11 is 0. The first kappa shape index (κ1) is 12.1. The summed E-state index contributed by atoms with van der Waals surface area (Å²) in [6.07, 6.45) is 2.97. The molecule has 1 N–H and O–H groups in total. The Labute approximate surface area is 106 Å². The zero-order valence-electron chi connectivity index (χ0n) is 10.1. The van der Waals surface area contributed by atoms with Gasteiger partial charge in [-0.1, -0.05) is 35.5 Å². The summed E-state index contributed by atoms with van der Waals surface area (Å²) in [7, 11) is 0. The fourth-order valence-corrected chi connectivity index (χ4v) is 1.55. The minimum Gasteiger partial charge on any atom is -0.473 e. The molecule has 0 aliphatic rings. The first-order chi connectivity index (χ1) is 8.79. The third-order valence-corrected chi connectivity index (χ3v) is 2.55. The molecule has 0 saturated heterocycles. The normalized spacial score (nSPS) is 10.7. The van der Waals surface area contributed by atoms with Gasteiger partial charge in [0, 0.05) is 17.8 Å². The molecule has 0 saturated carbocycles. The highest BCUT2D eigenvalue weighted by Gasteiger charge is 2.01. The number of nitrogens with zero attached hydrogens (tertiary/aromatic N) is 2. The predicted octanol–water partition coefficient (Wildman–Crippen LogP) is 2.78. The average molecular weight is 242 g/mol. The topological polar surface area (TPSA) is 54.7 Å². The maximum atomic E-state index is 8.48. The van der Waals surface area contributed by atoms with E-state index in [9.17, 15) is 0 Å². The summed E-state index contributed by atoms with van der Waals surface area (Å²) in [5, 5.41) is 11.5. The number of oxime groups is 1. The van der Waals surface area contributed by atoms with Gasteiger partial charge in [0.25, 0.3) is 0 Å². The molecule has 0 fully saturated rings. The van der Waals surface area contributed by atoms with Crippen LogP contribution < -0.4 is 4.74 Å². The van der Waals surface area contributed by atoms with Crippen molar-refractivity contribution >= 4 is 6.21 Å². The number of pyridine rings is 1. The van der Waals surface area contributed by atoms with E-state index in [1.165, 1.54) is 6.21 Å². The summed E-state index contributed by atoms with van der Waals surface area (Å²) in [6.45, 7) is 2.40. The fraction of sp³-hybridized carbons (Fsp3) is 0.143. The number of ether oxygens (including phenoxy) is 1. The lowest BCUT2D eigenvalue weighted by atomic mass is 10.2. The number of hydrogen-bond acceptors (Lipinski definition) is 4. The van der Waals surface area contributed by atoms with E-state index in [2.05, 4.69) is 10.1 Å². The van der Waals surface area contributed by atoms with Crippen molar-refractivity contribution in [2.45, 2.75) is 13.5 Å². The summed E-state index contributed by atoms with van der Waals surface area (Å²) < 4.78 is 5.59. The molecule has 4 heteroatoms. The summed E-state index contributed by atoms with van der Waals surface area (Å²) in [6, 6.07) is 11.7. The highest BCUT2D eigenvalue weighted by molar-refractivity contribution is 5.80. The second-order valence-electron chi connectivity index (χ2n) is 3.90. The second kappa shape index (κ2) is 5.82. The van der Waals surface area contributed by atoms with Gasteiger partial charge in [-0.2, -0.15) is 0 Å². The van der Waals surface area contributed by atoms with Gasteiger partial charge in [0.1, 0.15) is 6.61 Å². The van der Waals surface area contributed by atoms with Gasteiger partial charge < -0.3 is 9.94 Å². The Morgan fingerprint density at radius 2 is 2.11 bits per heavy atom. The molecule has 1 aromatic carbocycles. The lowest BCUT2D eigenvalue weighted by Gasteiger charge is -2.07. The van der Waals surface area contributed by atoms with E-state index < -0.39 is 0 Å². The molecule has 0 amide bonds. The van der Waals surface area contributed by atoms with Crippen molar-refractivity contribution in [2.24, 2.45) is 5.16 Å². The highest BCUT2D eigenvalue weighted by Crippen LogP contribution is 2.14. The highest BCUT2D eigenvalue weighted by atomic mass is 16.5. The number of aromatic nitrogens is 1. The van der Waals surface area contributed by atoms with E-state index in [-0.39, 0.29) is 0 Å². The Kier molecular flexibility index (Phi) is 3.91. The molecule has 4 nitrogen and oxygen atoms in total. The van der Waals surface area contributed by atoms with Crippen LogP contribution in [0.5, 0.6) is 5.88 Å². The molecule has 0 spiro atoms. The van der Waals surface area contributed by atoms with Gasteiger partial charge >= 0.3 is 0 Å². The maximum Gasteiger partial charge on any atom is 0.213 e. The van der Waals surface area contributed by atoms with Crippen LogP contribution in [-0.4, -0.2) is 16.4 Å². The monoisotopic (exact) mass is 242 g/mol. The van der Waals surface area contributed by atoms with E-state index in [1.54, 1.807) is 6.20 Å². The molecule has 1 heterocycles. The van der Waals surface area contributed by atoms with Gasteiger partial charge in [-0.15, -0.1) is 0 Å². The molecule has 0 unspecified atom stereocenters. The van der Waals surface area contributed by atoms with Crippen molar-refractivity contribution < 1.29 is 9.94 Å². The number of benzene rings is 1. The summed E-state index contributed by atoms with van der Waals surface area (Å²) in [5.74, 6) is 0.562. The van der Waals surface area contributed by atoms with Gasteiger partial charge in [-0.05, 0) is 18.1 Å². The van der Waals surface area contributed by atoms with Crippen LogP contribution in [0.4, 0.5) is 0 Å². The molecule has 2 rings (SSSR count). The zero-order valence-corrected chi connectivity index (χ0v) is 10.1. The van der Waals surface area contributed by atoms with Gasteiger partial charge in [0.15, 0.2) is 0 Å². The molecule has 92 valence electrons. The van der Waals surface area contributed by atoms with Crippen LogP contribution in [0.1, 0.15) is 16.7 Å². The molecule has 0 bridgehead atoms. The Hall–Kier alpha value is -2.36. The Balaban J connectivity index is 2.04. The van der Waals surface area contributed by atoms with E-state index >= 15 is 0 Å². The minimum absolute atomic E-state index is 0.487. The summed E-state index contributed by atoms with van der Waals surface area (Å²) in [4.78, 5) is 4.15. The standard InChI is InChI=1S/C14H14N2O2/c1-11-7-14(15-8-13(11)9-16-17)18-10-12-5-3-2-4-6-12/h2-9,17H,10H2,1H3/b16-9-. The van der Waals surface area contributed by atoms with Crippen molar-refractivity contribution in [3.05, 3.63) is 59.3 Å². The van der Waals surface area contributed by atoms with Crippen LogP contribution in [0.15, 0.2) is 47.8 Å². The van der Waals surface area contributed by atoms with Crippen molar-refractivity contribution in [1.29, 1.82) is 0 Å². The van der Waals surface area contributed by atoms with E-state index in [0.717, 1.165) is 16.7 Å². The van der Waals surface area contributed by atoms with Gasteiger partial charge in [-0.25, -0.2) is 4.98 Å². The number of hydrogen-bond donors (Lipinski definition) is 1. The first-order valence-corrected chi connectivity index (χ1v) is 5.60. The maximum absolute atomic E-state index is 8.48. The van der Waals surface area contributed by atoms with Gasteiger partial charge in [0.2, 0.25) is 5.88 Å². The molecule has 0 radical (unpaired) electrons. The van der Waals surface area contributed by atoms with Crippen LogP contribution in [0.3, 0.4) is 0 Å². The molecule has 2 aromatic rings. The molecule has 1 aromatic heterocycles. The van der Waals surface area contributed by atoms with Gasteiger partial charge in [-0.3, -0.25) is 0 Å². The predicted molar refractivity (Wildman–Crippen MR) is 69.1 cm³/mol. The lowest BCUT2D eigenvalue weighted by molar-refractivity contribution is 0.293. The Morgan fingerprint density at radius 3 is 2.78 bits per heavy atom. The van der Waals surface area contributed by atoms with E-state index in [0.29, 0.717) is 12.5 Å². The smallest absolute Gasteiger partial charge is 0.213 e. The second-order valence-corrected chi connectivity index (χ2v) is 3.90. The number of aryl methyl sites for hydroxylation is 1. The zero-order chi connectivity index (χ0) is 12.8. The Bertz CT molecular complexity index is 539. The van der Waals surface area contributed by atoms with Gasteiger partial charge in [0.05, 0.1) is 6.21 Å². The average Bonchev–Trinajstić information content (AvgIpc) is 2.41. The molecule has 0 atom stereocenters. The minimum atomic E-state index is 0.487. The van der Waals surface area contributed by atoms with Crippen molar-refractivity contribution in [3.8, 4) is 5.88 Å². The van der Waals surface area contributed by atoms with Crippen molar-refractivity contribution in [2.75, 3.05) is 0 Å². The molecule has 0 aliphatic heterocycles. The Morgan fingerprint density at radius 1 is 1.33 bits per heavy atom. The largest absolute Gasteiger partial charge is 0.473 e. The quantitative estimate of drug-likeness (QED) is 0.509. The lowest BCUT2D eigenvalue weighted by Crippen LogP contribution is -1.99. The van der Waals surface area contributed by atoms with Crippen LogP contribution >= 0.6 is 0 Å². The number of rotatable bonds is 4. The van der Waals surface area contributed by atoms with E-state index in [1.807, 2.05) is 43.3 Å². The SMILES string of the molecule is Cc1cc(OCc2ccccc2)ncc1/C=N\O.